The highest BCUT2D eigenvalue weighted by atomic mass is 35.5. The number of nitrogens with zero attached hydrogens (tertiary/aromatic N) is 3. The summed E-state index contributed by atoms with van der Waals surface area (Å²) in [5.74, 6) is 0.990. The first kappa shape index (κ1) is 20.8. The molecule has 6 nitrogen and oxygen atoms in total. The summed E-state index contributed by atoms with van der Waals surface area (Å²) in [6.07, 6.45) is 1.76. The summed E-state index contributed by atoms with van der Waals surface area (Å²) in [5, 5.41) is 7.90. The van der Waals surface area contributed by atoms with Gasteiger partial charge >= 0.3 is 0 Å². The number of carbonyl (C=O) groups excluding carboxylic acids is 1. The highest BCUT2D eigenvalue weighted by molar-refractivity contribution is 6.42. The number of anilines is 1. The Balaban J connectivity index is 1.36. The Hall–Kier alpha value is -2.41. The first-order valence-electron chi connectivity index (χ1n) is 9.86. The Kier molecular flexibility index (Phi) is 6.37. The number of rotatable bonds is 5. The van der Waals surface area contributed by atoms with E-state index >= 15 is 0 Å². The van der Waals surface area contributed by atoms with Crippen molar-refractivity contribution in [2.45, 2.75) is 26.3 Å². The molecule has 2 heterocycles. The highest BCUT2D eigenvalue weighted by Crippen LogP contribution is 2.26. The van der Waals surface area contributed by atoms with Crippen molar-refractivity contribution in [1.82, 2.24) is 15.0 Å². The van der Waals surface area contributed by atoms with Gasteiger partial charge in [-0.1, -0.05) is 58.2 Å². The number of piperidine rings is 1. The second kappa shape index (κ2) is 9.16. The van der Waals surface area contributed by atoms with E-state index in [0.29, 0.717) is 40.5 Å². The van der Waals surface area contributed by atoms with Crippen molar-refractivity contribution in [2.24, 2.45) is 5.92 Å². The normalized spacial score (nSPS) is 17.1. The van der Waals surface area contributed by atoms with Crippen molar-refractivity contribution >= 4 is 34.8 Å². The summed E-state index contributed by atoms with van der Waals surface area (Å²) in [6.45, 7) is 4.08. The van der Waals surface area contributed by atoms with Crippen LogP contribution in [0.25, 0.3) is 11.4 Å². The van der Waals surface area contributed by atoms with Gasteiger partial charge in [-0.2, -0.15) is 4.98 Å². The standard InChI is InChI=1S/C22H22Cl2N4O2/c1-14-4-6-15(7-5-14)21-26-20(30-27-21)13-28-10-2-3-16(12-28)22(29)25-17-8-9-18(23)19(24)11-17/h4-9,11,16H,2-3,10,12-13H2,1H3,(H,25,29). The van der Waals surface area contributed by atoms with Gasteiger partial charge in [0.15, 0.2) is 0 Å². The highest BCUT2D eigenvalue weighted by Gasteiger charge is 2.27. The quantitative estimate of drug-likeness (QED) is 0.585. The zero-order valence-electron chi connectivity index (χ0n) is 16.6. The van der Waals surface area contributed by atoms with Crippen molar-refractivity contribution < 1.29 is 9.32 Å². The van der Waals surface area contributed by atoms with Gasteiger partial charge < -0.3 is 9.84 Å². The summed E-state index contributed by atoms with van der Waals surface area (Å²) in [6, 6.07) is 13.1. The Morgan fingerprint density at radius 1 is 1.20 bits per heavy atom. The molecule has 1 fully saturated rings. The van der Waals surface area contributed by atoms with Gasteiger partial charge in [-0.25, -0.2) is 0 Å². The lowest BCUT2D eigenvalue weighted by Crippen LogP contribution is -2.40. The predicted octanol–water partition coefficient (Wildman–Crippen LogP) is 5.20. The van der Waals surface area contributed by atoms with Crippen LogP contribution in [0.5, 0.6) is 0 Å². The number of amides is 1. The third-order valence-electron chi connectivity index (χ3n) is 5.20. The summed E-state index contributed by atoms with van der Waals surface area (Å²) in [4.78, 5) is 19.4. The average Bonchev–Trinajstić information content (AvgIpc) is 3.20. The molecule has 1 aliphatic heterocycles. The lowest BCUT2D eigenvalue weighted by atomic mass is 9.97. The fourth-order valence-electron chi connectivity index (χ4n) is 3.56. The van der Waals surface area contributed by atoms with Crippen molar-refractivity contribution in [2.75, 3.05) is 18.4 Å². The Labute approximate surface area is 185 Å². The van der Waals surface area contributed by atoms with Crippen molar-refractivity contribution in [3.05, 3.63) is 64.0 Å². The van der Waals surface area contributed by atoms with E-state index in [0.717, 1.165) is 24.9 Å². The van der Waals surface area contributed by atoms with Crippen molar-refractivity contribution in [1.29, 1.82) is 0 Å². The Bertz CT molecular complexity index is 1040. The van der Waals surface area contributed by atoms with Gasteiger partial charge in [-0.15, -0.1) is 0 Å². The fraction of sp³-hybridized carbons (Fsp3) is 0.318. The van der Waals surface area contributed by atoms with E-state index in [2.05, 4.69) is 20.4 Å². The predicted molar refractivity (Wildman–Crippen MR) is 118 cm³/mol. The SMILES string of the molecule is Cc1ccc(-c2noc(CN3CCCC(C(=O)Nc4ccc(Cl)c(Cl)c4)C3)n2)cc1. The van der Waals surface area contributed by atoms with E-state index in [1.165, 1.54) is 5.56 Å². The largest absolute Gasteiger partial charge is 0.338 e. The zero-order valence-corrected chi connectivity index (χ0v) is 18.1. The van der Waals surface area contributed by atoms with E-state index in [4.69, 9.17) is 27.7 Å². The van der Waals surface area contributed by atoms with E-state index in [1.807, 2.05) is 31.2 Å². The topological polar surface area (TPSA) is 71.3 Å². The van der Waals surface area contributed by atoms with Gasteiger partial charge in [-0.3, -0.25) is 9.69 Å². The van der Waals surface area contributed by atoms with Crippen LogP contribution in [0.15, 0.2) is 47.0 Å². The first-order valence-corrected chi connectivity index (χ1v) is 10.6. The smallest absolute Gasteiger partial charge is 0.241 e. The second-order valence-electron chi connectivity index (χ2n) is 7.57. The maximum absolute atomic E-state index is 12.7. The second-order valence-corrected chi connectivity index (χ2v) is 8.38. The molecule has 0 spiro atoms. The van der Waals surface area contributed by atoms with Crippen molar-refractivity contribution in [3.63, 3.8) is 0 Å². The van der Waals surface area contributed by atoms with Gasteiger partial charge in [0.1, 0.15) is 0 Å². The third kappa shape index (κ3) is 5.01. The molecule has 1 unspecified atom stereocenters. The number of hydrogen-bond donors (Lipinski definition) is 1. The Morgan fingerprint density at radius 2 is 2.00 bits per heavy atom. The first-order chi connectivity index (χ1) is 14.5. The number of carbonyl (C=O) groups is 1. The molecule has 30 heavy (non-hydrogen) atoms. The zero-order chi connectivity index (χ0) is 21.1. The number of benzene rings is 2. The van der Waals surface area contributed by atoms with Crippen LogP contribution in [0.3, 0.4) is 0 Å². The van der Waals surface area contributed by atoms with Crippen LogP contribution in [-0.2, 0) is 11.3 Å². The summed E-state index contributed by atoms with van der Waals surface area (Å²) < 4.78 is 5.44. The molecule has 0 bridgehead atoms. The molecule has 3 aromatic rings. The molecule has 1 atom stereocenters. The number of aromatic nitrogens is 2. The molecule has 1 aliphatic rings. The fourth-order valence-corrected chi connectivity index (χ4v) is 3.86. The summed E-state index contributed by atoms with van der Waals surface area (Å²) in [5.41, 5.74) is 2.75. The molecular weight excluding hydrogens is 423 g/mol. The minimum atomic E-state index is -0.118. The number of aryl methyl sites for hydroxylation is 1. The lowest BCUT2D eigenvalue weighted by Gasteiger charge is -2.30. The molecule has 8 heteroatoms. The molecule has 4 rings (SSSR count). The summed E-state index contributed by atoms with van der Waals surface area (Å²) >= 11 is 12.0. The molecule has 2 aromatic carbocycles. The molecule has 0 aliphatic carbocycles. The monoisotopic (exact) mass is 444 g/mol. The van der Waals surface area contributed by atoms with Crippen LogP contribution in [0.4, 0.5) is 5.69 Å². The minimum Gasteiger partial charge on any atom is -0.338 e. The molecule has 1 saturated heterocycles. The Morgan fingerprint density at radius 3 is 2.77 bits per heavy atom. The maximum atomic E-state index is 12.7. The average molecular weight is 445 g/mol. The minimum absolute atomic E-state index is 0.0241. The van der Waals surface area contributed by atoms with Crippen LogP contribution in [0, 0.1) is 12.8 Å². The molecular formula is C22H22Cl2N4O2. The van der Waals surface area contributed by atoms with Gasteiger partial charge in [0.2, 0.25) is 17.6 Å². The number of hydrogen-bond acceptors (Lipinski definition) is 5. The lowest BCUT2D eigenvalue weighted by molar-refractivity contribution is -0.121. The van der Waals surface area contributed by atoms with Crippen LogP contribution in [0.1, 0.15) is 24.3 Å². The number of nitrogens with one attached hydrogen (secondary N) is 1. The van der Waals surface area contributed by atoms with Crippen LogP contribution in [-0.4, -0.2) is 34.0 Å². The molecule has 156 valence electrons. The number of likely N-dealkylation sites (tertiary alicyclic amines) is 1. The van der Waals surface area contributed by atoms with Gasteiger partial charge in [0, 0.05) is 17.8 Å². The van der Waals surface area contributed by atoms with Gasteiger partial charge in [0.05, 0.1) is 22.5 Å². The van der Waals surface area contributed by atoms with Crippen LogP contribution >= 0.6 is 23.2 Å². The van der Waals surface area contributed by atoms with E-state index in [9.17, 15) is 4.79 Å². The van der Waals surface area contributed by atoms with Crippen molar-refractivity contribution in [3.8, 4) is 11.4 Å². The van der Waals surface area contributed by atoms with Crippen LogP contribution in [0.2, 0.25) is 10.0 Å². The van der Waals surface area contributed by atoms with E-state index in [-0.39, 0.29) is 11.8 Å². The van der Waals surface area contributed by atoms with Gasteiger partial charge in [-0.05, 0) is 44.5 Å². The molecule has 1 amide bonds. The maximum Gasteiger partial charge on any atom is 0.241 e. The molecule has 0 saturated carbocycles. The molecule has 0 radical (unpaired) electrons. The van der Waals surface area contributed by atoms with Crippen LogP contribution < -0.4 is 5.32 Å². The summed E-state index contributed by atoms with van der Waals surface area (Å²) in [7, 11) is 0. The van der Waals surface area contributed by atoms with E-state index in [1.54, 1.807) is 18.2 Å². The number of halogens is 2. The molecule has 1 aromatic heterocycles. The van der Waals surface area contributed by atoms with E-state index < -0.39 is 0 Å². The van der Waals surface area contributed by atoms with Gasteiger partial charge in [0.25, 0.3) is 0 Å². The molecule has 1 N–H and O–H groups in total. The third-order valence-corrected chi connectivity index (χ3v) is 5.94.